The van der Waals surface area contributed by atoms with Gasteiger partial charge in [0, 0.05) is 6.54 Å². The minimum atomic E-state index is 0.737. The zero-order chi connectivity index (χ0) is 16.1. The van der Waals surface area contributed by atoms with Gasteiger partial charge in [-0.3, -0.25) is 22.5 Å². The smallest absolute Gasteiger partial charge is 0.0348 e. The van der Waals surface area contributed by atoms with Crippen molar-refractivity contribution in [3.05, 3.63) is 70.8 Å². The van der Waals surface area contributed by atoms with Crippen LogP contribution in [0.15, 0.2) is 48.5 Å². The summed E-state index contributed by atoms with van der Waals surface area (Å²) in [7, 11) is 1.65. The lowest BCUT2D eigenvalue weighted by atomic mass is 10.1. The van der Waals surface area contributed by atoms with Crippen LogP contribution in [0.5, 0.6) is 0 Å². The van der Waals surface area contributed by atoms with E-state index in [1.165, 1.54) is 22.3 Å². The molecule has 4 nitrogen and oxygen atoms in total. The molecule has 0 spiro atoms. The fraction of sp³-hybridized carbons (Fsp3) is 0.294. The van der Waals surface area contributed by atoms with Crippen LogP contribution in [0.1, 0.15) is 22.3 Å². The van der Waals surface area contributed by atoms with Crippen molar-refractivity contribution in [1.82, 2.24) is 10.9 Å². The Morgan fingerprint density at radius 2 is 1.19 bits per heavy atom. The second-order valence-corrected chi connectivity index (χ2v) is 4.82. The molecule has 0 unspecified atom stereocenters. The van der Waals surface area contributed by atoms with E-state index >= 15 is 0 Å². The maximum Gasteiger partial charge on any atom is 0.0348 e. The van der Waals surface area contributed by atoms with Gasteiger partial charge >= 0.3 is 0 Å². The van der Waals surface area contributed by atoms with E-state index in [1.54, 1.807) is 7.05 Å². The van der Waals surface area contributed by atoms with Crippen LogP contribution in [0.25, 0.3) is 0 Å². The van der Waals surface area contributed by atoms with Crippen LogP contribution >= 0.6 is 0 Å². The zero-order valence-corrected chi connectivity index (χ0v) is 13.5. The normalized spacial score (nSPS) is 9.05. The fourth-order valence-corrected chi connectivity index (χ4v) is 1.92. The van der Waals surface area contributed by atoms with Crippen LogP contribution in [-0.4, -0.2) is 7.05 Å². The molecule has 0 aliphatic rings. The quantitative estimate of drug-likeness (QED) is 0.505. The van der Waals surface area contributed by atoms with Crippen molar-refractivity contribution in [3.8, 4) is 0 Å². The highest BCUT2D eigenvalue weighted by Gasteiger charge is 1.87. The fourth-order valence-electron chi connectivity index (χ4n) is 1.92. The van der Waals surface area contributed by atoms with Gasteiger partial charge in [-0.15, -0.1) is 0 Å². The van der Waals surface area contributed by atoms with Crippen molar-refractivity contribution in [2.24, 2.45) is 11.7 Å². The van der Waals surface area contributed by atoms with Crippen molar-refractivity contribution < 1.29 is 0 Å². The first-order valence-electron chi connectivity index (χ1n) is 6.93. The molecule has 2 rings (SSSR count). The monoisotopic (exact) mass is 288 g/mol. The highest BCUT2D eigenvalue weighted by atomic mass is 15.2. The highest BCUT2D eigenvalue weighted by molar-refractivity contribution is 5.27. The van der Waals surface area contributed by atoms with Crippen LogP contribution in [0.3, 0.4) is 0 Å². The van der Waals surface area contributed by atoms with Crippen molar-refractivity contribution in [1.29, 1.82) is 0 Å². The highest BCUT2D eigenvalue weighted by Crippen LogP contribution is 2.06. The number of aryl methyl sites for hydroxylation is 3. The predicted octanol–water partition coefficient (Wildman–Crippen LogP) is 2.34. The Kier molecular flexibility index (Phi) is 11.1. The second kappa shape index (κ2) is 12.1. The van der Waals surface area contributed by atoms with E-state index in [9.17, 15) is 0 Å². The third-order valence-electron chi connectivity index (χ3n) is 2.52. The number of nitrogens with two attached hydrogens (primary N) is 2. The van der Waals surface area contributed by atoms with Crippen molar-refractivity contribution in [2.75, 3.05) is 7.05 Å². The van der Waals surface area contributed by atoms with Crippen LogP contribution in [0.2, 0.25) is 0 Å². The number of hydrogen-bond donors (Lipinski definition) is 4. The van der Waals surface area contributed by atoms with E-state index in [1.807, 2.05) is 30.3 Å². The largest absolute Gasteiger partial charge is 0.272 e. The van der Waals surface area contributed by atoms with Gasteiger partial charge in [-0.25, -0.2) is 0 Å². The minimum absolute atomic E-state index is 0.737. The average Bonchev–Trinajstić information content (AvgIpc) is 2.40. The molecule has 0 saturated carbocycles. The molecule has 0 aliphatic carbocycles. The standard InChI is InChI=1S/C9H12.C7H10N2.CH6N2/c1-7-4-8(2)6-9(3)5-7;8-9-6-7-4-2-1-3-5-7;1-3-2/h4-6H,1-3H3;1-5,9H,6,8H2;3H,2H2,1H3. The van der Waals surface area contributed by atoms with E-state index in [0.717, 1.165) is 6.54 Å². The summed E-state index contributed by atoms with van der Waals surface area (Å²) in [6.07, 6.45) is 0. The summed E-state index contributed by atoms with van der Waals surface area (Å²) in [5.74, 6) is 9.71. The van der Waals surface area contributed by atoms with Crippen molar-refractivity contribution in [3.63, 3.8) is 0 Å². The van der Waals surface area contributed by atoms with Gasteiger partial charge < -0.3 is 0 Å². The third kappa shape index (κ3) is 10.7. The first-order chi connectivity index (χ1) is 10.0. The SMILES string of the molecule is CNN.Cc1cc(C)cc(C)c1.NNCc1ccccc1. The van der Waals surface area contributed by atoms with Gasteiger partial charge in [0.15, 0.2) is 0 Å². The van der Waals surface area contributed by atoms with Gasteiger partial charge in [-0.1, -0.05) is 65.2 Å². The molecule has 0 aromatic heterocycles. The van der Waals surface area contributed by atoms with E-state index < -0.39 is 0 Å². The Balaban J connectivity index is 0.000000322. The van der Waals surface area contributed by atoms with Crippen LogP contribution in [0, 0.1) is 20.8 Å². The summed E-state index contributed by atoms with van der Waals surface area (Å²) in [6.45, 7) is 7.11. The van der Waals surface area contributed by atoms with E-state index in [2.05, 4.69) is 55.7 Å². The molecular weight excluding hydrogens is 260 g/mol. The maximum absolute atomic E-state index is 5.11. The molecule has 6 N–H and O–H groups in total. The number of hydrazine groups is 2. The molecule has 0 amide bonds. The Morgan fingerprint density at radius 1 is 0.810 bits per heavy atom. The van der Waals surface area contributed by atoms with Crippen LogP contribution < -0.4 is 22.5 Å². The first-order valence-corrected chi connectivity index (χ1v) is 6.93. The molecule has 116 valence electrons. The predicted molar refractivity (Wildman–Crippen MR) is 91.4 cm³/mol. The Labute approximate surface area is 128 Å². The van der Waals surface area contributed by atoms with E-state index in [4.69, 9.17) is 5.84 Å². The van der Waals surface area contributed by atoms with E-state index in [-0.39, 0.29) is 0 Å². The summed E-state index contributed by atoms with van der Waals surface area (Å²) >= 11 is 0. The molecule has 0 aliphatic heterocycles. The molecular formula is C17H28N4. The lowest BCUT2D eigenvalue weighted by molar-refractivity contribution is 0.741. The molecule has 2 aromatic carbocycles. The molecule has 4 heteroatoms. The summed E-state index contributed by atoms with van der Waals surface area (Å²) in [6, 6.07) is 16.6. The minimum Gasteiger partial charge on any atom is -0.272 e. The van der Waals surface area contributed by atoms with Gasteiger partial charge in [-0.05, 0) is 33.4 Å². The zero-order valence-electron chi connectivity index (χ0n) is 13.5. The van der Waals surface area contributed by atoms with Gasteiger partial charge in [0.1, 0.15) is 0 Å². The lowest BCUT2D eigenvalue weighted by Crippen LogP contribution is -2.20. The summed E-state index contributed by atoms with van der Waals surface area (Å²) in [5, 5.41) is 0. The van der Waals surface area contributed by atoms with Crippen molar-refractivity contribution >= 4 is 0 Å². The molecule has 0 atom stereocenters. The molecule has 2 aromatic rings. The molecule has 0 heterocycles. The number of hydrogen-bond acceptors (Lipinski definition) is 4. The Morgan fingerprint density at radius 3 is 1.52 bits per heavy atom. The third-order valence-corrected chi connectivity index (χ3v) is 2.52. The Hall–Kier alpha value is -1.72. The van der Waals surface area contributed by atoms with Gasteiger partial charge in [-0.2, -0.15) is 0 Å². The summed E-state index contributed by atoms with van der Waals surface area (Å²) < 4.78 is 0. The average molecular weight is 288 g/mol. The number of benzene rings is 2. The van der Waals surface area contributed by atoms with Gasteiger partial charge in [0.2, 0.25) is 0 Å². The van der Waals surface area contributed by atoms with Crippen LogP contribution in [0.4, 0.5) is 0 Å². The molecule has 0 saturated heterocycles. The lowest BCUT2D eigenvalue weighted by Gasteiger charge is -1.96. The van der Waals surface area contributed by atoms with E-state index in [0.29, 0.717) is 0 Å². The molecule has 0 fully saturated rings. The Bertz CT molecular complexity index is 433. The maximum atomic E-state index is 5.11. The molecule has 21 heavy (non-hydrogen) atoms. The summed E-state index contributed by atoms with van der Waals surface area (Å²) in [5.41, 5.74) is 10.1. The summed E-state index contributed by atoms with van der Waals surface area (Å²) in [4.78, 5) is 0. The molecule has 0 bridgehead atoms. The van der Waals surface area contributed by atoms with Crippen LogP contribution in [-0.2, 0) is 6.54 Å². The first kappa shape index (κ1) is 19.3. The van der Waals surface area contributed by atoms with Gasteiger partial charge in [0.25, 0.3) is 0 Å². The number of nitrogens with one attached hydrogen (secondary N) is 2. The van der Waals surface area contributed by atoms with Gasteiger partial charge in [0.05, 0.1) is 0 Å². The van der Waals surface area contributed by atoms with Crippen molar-refractivity contribution in [2.45, 2.75) is 27.3 Å². The molecule has 0 radical (unpaired) electrons. The second-order valence-electron chi connectivity index (χ2n) is 4.82. The topological polar surface area (TPSA) is 76.1 Å². The number of rotatable bonds is 2.